The molecule has 1 saturated heterocycles. The lowest BCUT2D eigenvalue weighted by Crippen LogP contribution is -2.43. The SMILES string of the molecule is Cc1ccccc1CN(C)C(=O)CN1C(=O)N[C@](C)(c2ccc3c(c2)OCCO3)C1=O. The lowest BCUT2D eigenvalue weighted by atomic mass is 9.91. The number of hydrogen-bond acceptors (Lipinski definition) is 5. The van der Waals surface area contributed by atoms with Gasteiger partial charge in [-0.15, -0.1) is 0 Å². The number of hydrogen-bond donors (Lipinski definition) is 1. The Morgan fingerprint density at radius 1 is 1.13 bits per heavy atom. The Kier molecular flexibility index (Phi) is 5.31. The van der Waals surface area contributed by atoms with E-state index in [-0.39, 0.29) is 12.5 Å². The summed E-state index contributed by atoms with van der Waals surface area (Å²) in [5, 5.41) is 2.73. The predicted molar refractivity (Wildman–Crippen MR) is 113 cm³/mol. The molecule has 31 heavy (non-hydrogen) atoms. The van der Waals surface area contributed by atoms with Crippen LogP contribution >= 0.6 is 0 Å². The molecule has 1 atom stereocenters. The third kappa shape index (κ3) is 3.81. The molecule has 0 bridgehead atoms. The van der Waals surface area contributed by atoms with Gasteiger partial charge in [0.25, 0.3) is 5.91 Å². The highest BCUT2D eigenvalue weighted by Crippen LogP contribution is 2.36. The molecule has 162 valence electrons. The minimum atomic E-state index is -1.29. The fraction of sp³-hybridized carbons (Fsp3) is 0.348. The van der Waals surface area contributed by atoms with Gasteiger partial charge in [-0.2, -0.15) is 0 Å². The molecule has 0 spiro atoms. The van der Waals surface area contributed by atoms with Crippen molar-refractivity contribution >= 4 is 17.8 Å². The van der Waals surface area contributed by atoms with Crippen molar-refractivity contribution < 1.29 is 23.9 Å². The van der Waals surface area contributed by atoms with Crippen molar-refractivity contribution in [1.29, 1.82) is 0 Å². The minimum Gasteiger partial charge on any atom is -0.486 e. The van der Waals surface area contributed by atoms with Crippen LogP contribution in [0.1, 0.15) is 23.6 Å². The van der Waals surface area contributed by atoms with Crippen LogP contribution in [0.25, 0.3) is 0 Å². The lowest BCUT2D eigenvalue weighted by molar-refractivity contribution is -0.138. The second-order valence-corrected chi connectivity index (χ2v) is 7.98. The summed E-state index contributed by atoms with van der Waals surface area (Å²) in [6.07, 6.45) is 0. The number of amides is 4. The fourth-order valence-electron chi connectivity index (χ4n) is 3.78. The summed E-state index contributed by atoms with van der Waals surface area (Å²) >= 11 is 0. The number of likely N-dealkylation sites (N-methyl/N-ethyl adjacent to an activating group) is 1. The monoisotopic (exact) mass is 423 g/mol. The third-order valence-electron chi connectivity index (χ3n) is 5.78. The largest absolute Gasteiger partial charge is 0.486 e. The fourth-order valence-corrected chi connectivity index (χ4v) is 3.78. The van der Waals surface area contributed by atoms with Crippen molar-refractivity contribution in [3.8, 4) is 11.5 Å². The number of benzene rings is 2. The average Bonchev–Trinajstić information content (AvgIpc) is 2.98. The van der Waals surface area contributed by atoms with Crippen molar-refractivity contribution in [1.82, 2.24) is 15.1 Å². The molecule has 2 aliphatic heterocycles. The van der Waals surface area contributed by atoms with E-state index in [0.717, 1.165) is 16.0 Å². The van der Waals surface area contributed by atoms with Crippen LogP contribution in [-0.4, -0.2) is 54.5 Å². The summed E-state index contributed by atoms with van der Waals surface area (Å²) in [6.45, 7) is 4.55. The molecule has 8 nitrogen and oxygen atoms in total. The maximum atomic E-state index is 13.2. The zero-order valence-electron chi connectivity index (χ0n) is 17.8. The minimum absolute atomic E-state index is 0.321. The lowest BCUT2D eigenvalue weighted by Gasteiger charge is -2.25. The number of carbonyl (C=O) groups excluding carboxylic acids is 3. The summed E-state index contributed by atoms with van der Waals surface area (Å²) in [7, 11) is 1.66. The van der Waals surface area contributed by atoms with Gasteiger partial charge in [-0.05, 0) is 42.7 Å². The number of carbonyl (C=O) groups is 3. The van der Waals surface area contributed by atoms with Crippen molar-refractivity contribution in [2.45, 2.75) is 25.9 Å². The molecule has 0 radical (unpaired) electrons. The highest BCUT2D eigenvalue weighted by Gasteiger charge is 2.50. The van der Waals surface area contributed by atoms with Crippen LogP contribution in [0.3, 0.4) is 0 Å². The number of ether oxygens (including phenoxy) is 2. The van der Waals surface area contributed by atoms with E-state index in [1.165, 1.54) is 4.90 Å². The van der Waals surface area contributed by atoms with Gasteiger partial charge in [-0.25, -0.2) is 4.79 Å². The van der Waals surface area contributed by atoms with Gasteiger partial charge in [0.05, 0.1) is 0 Å². The molecule has 2 aliphatic rings. The predicted octanol–water partition coefficient (Wildman–Crippen LogP) is 2.19. The zero-order chi connectivity index (χ0) is 22.2. The van der Waals surface area contributed by atoms with E-state index in [4.69, 9.17) is 9.47 Å². The first kappa shape index (κ1) is 20.7. The van der Waals surface area contributed by atoms with Crippen LogP contribution < -0.4 is 14.8 Å². The standard InChI is InChI=1S/C23H25N3O5/c1-15-6-4-5-7-16(15)13-25(3)20(27)14-26-21(28)23(2,24-22(26)29)17-8-9-18-19(12-17)31-11-10-30-18/h4-9,12H,10-11,13-14H2,1-3H3,(H,24,29)/t23-/m1/s1. The second kappa shape index (κ2) is 7.94. The highest BCUT2D eigenvalue weighted by molar-refractivity contribution is 6.09. The Morgan fingerprint density at radius 2 is 1.84 bits per heavy atom. The molecule has 4 amide bonds. The number of aryl methyl sites for hydroxylation is 1. The number of fused-ring (bicyclic) bond motifs is 1. The molecule has 2 heterocycles. The molecular weight excluding hydrogens is 398 g/mol. The summed E-state index contributed by atoms with van der Waals surface area (Å²) in [4.78, 5) is 41.0. The first-order chi connectivity index (χ1) is 14.8. The number of rotatable bonds is 5. The Balaban J connectivity index is 1.49. The van der Waals surface area contributed by atoms with E-state index in [0.29, 0.717) is 36.8 Å². The number of nitrogens with one attached hydrogen (secondary N) is 1. The Hall–Kier alpha value is -3.55. The molecule has 1 N–H and O–H groups in total. The Labute approximate surface area is 180 Å². The van der Waals surface area contributed by atoms with Crippen molar-refractivity contribution in [2.24, 2.45) is 0 Å². The normalized spacial score (nSPS) is 19.9. The summed E-state index contributed by atoms with van der Waals surface area (Å²) in [5.41, 5.74) is 1.36. The van der Waals surface area contributed by atoms with E-state index in [2.05, 4.69) is 5.32 Å². The Morgan fingerprint density at radius 3 is 2.58 bits per heavy atom. The highest BCUT2D eigenvalue weighted by atomic mass is 16.6. The molecule has 0 aliphatic carbocycles. The molecule has 1 fully saturated rings. The number of nitrogens with zero attached hydrogens (tertiary/aromatic N) is 2. The van der Waals surface area contributed by atoms with E-state index in [1.807, 2.05) is 31.2 Å². The van der Waals surface area contributed by atoms with Crippen molar-refractivity contribution in [3.63, 3.8) is 0 Å². The van der Waals surface area contributed by atoms with Crippen LogP contribution in [-0.2, 0) is 21.7 Å². The summed E-state index contributed by atoms with van der Waals surface area (Å²) in [5.74, 6) is 0.324. The molecule has 0 saturated carbocycles. The van der Waals surface area contributed by atoms with Gasteiger partial charge in [-0.1, -0.05) is 30.3 Å². The first-order valence-electron chi connectivity index (χ1n) is 10.1. The zero-order valence-corrected chi connectivity index (χ0v) is 17.8. The van der Waals surface area contributed by atoms with Crippen LogP contribution in [0.4, 0.5) is 4.79 Å². The van der Waals surface area contributed by atoms with E-state index < -0.39 is 17.5 Å². The smallest absolute Gasteiger partial charge is 0.325 e. The third-order valence-corrected chi connectivity index (χ3v) is 5.78. The summed E-state index contributed by atoms with van der Waals surface area (Å²) in [6, 6.07) is 12.3. The average molecular weight is 423 g/mol. The van der Waals surface area contributed by atoms with Crippen LogP contribution in [0, 0.1) is 6.92 Å². The molecule has 0 aromatic heterocycles. The van der Waals surface area contributed by atoms with E-state index in [1.54, 1.807) is 32.2 Å². The van der Waals surface area contributed by atoms with E-state index in [9.17, 15) is 14.4 Å². The topological polar surface area (TPSA) is 88.2 Å². The summed E-state index contributed by atoms with van der Waals surface area (Å²) < 4.78 is 11.1. The van der Waals surface area contributed by atoms with Gasteiger partial charge >= 0.3 is 6.03 Å². The van der Waals surface area contributed by atoms with Gasteiger partial charge in [-0.3, -0.25) is 14.5 Å². The molecular formula is C23H25N3O5. The maximum absolute atomic E-state index is 13.2. The van der Waals surface area contributed by atoms with Gasteiger partial charge in [0.15, 0.2) is 11.5 Å². The van der Waals surface area contributed by atoms with Crippen LogP contribution in [0.2, 0.25) is 0 Å². The molecule has 2 aromatic rings. The van der Waals surface area contributed by atoms with Crippen molar-refractivity contribution in [3.05, 3.63) is 59.2 Å². The molecule has 0 unspecified atom stereocenters. The van der Waals surface area contributed by atoms with Gasteiger partial charge < -0.3 is 19.7 Å². The van der Waals surface area contributed by atoms with E-state index >= 15 is 0 Å². The van der Waals surface area contributed by atoms with Gasteiger partial charge in [0, 0.05) is 13.6 Å². The number of urea groups is 1. The quantitative estimate of drug-likeness (QED) is 0.745. The maximum Gasteiger partial charge on any atom is 0.325 e. The molecule has 2 aromatic carbocycles. The Bertz CT molecular complexity index is 1050. The van der Waals surface area contributed by atoms with Gasteiger partial charge in [0.2, 0.25) is 5.91 Å². The first-order valence-corrected chi connectivity index (χ1v) is 10.1. The second-order valence-electron chi connectivity index (χ2n) is 7.98. The molecule has 8 heteroatoms. The van der Waals surface area contributed by atoms with Gasteiger partial charge in [0.1, 0.15) is 25.3 Å². The van der Waals surface area contributed by atoms with Crippen LogP contribution in [0.5, 0.6) is 11.5 Å². The van der Waals surface area contributed by atoms with Crippen molar-refractivity contribution in [2.75, 3.05) is 26.8 Å². The van der Waals surface area contributed by atoms with Crippen LogP contribution in [0.15, 0.2) is 42.5 Å². The number of imide groups is 1. The molecule has 4 rings (SSSR count).